The number of hydrogen-bond acceptors (Lipinski definition) is 5. The molecule has 0 aliphatic heterocycles. The van der Waals surface area contributed by atoms with Gasteiger partial charge in [-0.05, 0) is 38.8 Å². The van der Waals surface area contributed by atoms with Gasteiger partial charge in [-0.3, -0.25) is 0 Å². The van der Waals surface area contributed by atoms with E-state index in [0.29, 0.717) is 5.89 Å². The van der Waals surface area contributed by atoms with E-state index in [1.54, 1.807) is 11.3 Å². The fourth-order valence-corrected chi connectivity index (χ4v) is 3.38. The monoisotopic (exact) mass is 313 g/mol. The second-order valence-corrected chi connectivity index (χ2v) is 6.44. The van der Waals surface area contributed by atoms with Crippen LogP contribution in [0.15, 0.2) is 21.9 Å². The van der Waals surface area contributed by atoms with Crippen LogP contribution in [0.1, 0.15) is 28.3 Å². The Bertz CT molecular complexity index is 809. The number of nitrogens with one attached hydrogen (secondary N) is 1. The molecule has 0 saturated carbocycles. The summed E-state index contributed by atoms with van der Waals surface area (Å²) in [7, 11) is 0. The molecule has 114 valence electrons. The van der Waals surface area contributed by atoms with Gasteiger partial charge in [0.15, 0.2) is 16.8 Å². The number of oxazole rings is 1. The second kappa shape index (κ2) is 5.57. The molecule has 5 heteroatoms. The molecule has 0 bridgehead atoms. The van der Waals surface area contributed by atoms with Crippen molar-refractivity contribution in [2.45, 2.75) is 34.6 Å². The fraction of sp³-hybridized carbons (Fsp3) is 0.294. The van der Waals surface area contributed by atoms with E-state index >= 15 is 0 Å². The number of aromatic nitrogens is 2. The Hall–Kier alpha value is -2.14. The highest BCUT2D eigenvalue weighted by Crippen LogP contribution is 2.31. The van der Waals surface area contributed by atoms with Gasteiger partial charge in [-0.1, -0.05) is 17.7 Å². The molecule has 0 aliphatic rings. The van der Waals surface area contributed by atoms with E-state index in [2.05, 4.69) is 48.2 Å². The van der Waals surface area contributed by atoms with E-state index in [9.17, 15) is 0 Å². The molecule has 0 spiro atoms. The van der Waals surface area contributed by atoms with Gasteiger partial charge in [-0.2, -0.15) is 0 Å². The number of rotatable bonds is 3. The highest BCUT2D eigenvalue weighted by Gasteiger charge is 2.14. The first kappa shape index (κ1) is 14.8. The van der Waals surface area contributed by atoms with Crippen molar-refractivity contribution in [3.63, 3.8) is 0 Å². The Labute approximate surface area is 134 Å². The summed E-state index contributed by atoms with van der Waals surface area (Å²) < 4.78 is 5.63. The summed E-state index contributed by atoms with van der Waals surface area (Å²) in [4.78, 5) is 8.92. The number of hydrogen-bond donors (Lipinski definition) is 1. The molecule has 0 unspecified atom stereocenters. The first-order chi connectivity index (χ1) is 10.4. The standard InChI is InChI=1S/C17H19N3OS/c1-9-6-10(2)15(11(3)7-9)20-17-19-14(8-22-17)16-12(4)18-13(5)21-16/h6-8H,1-5H3,(H,19,20). The Balaban J connectivity index is 1.91. The molecule has 3 rings (SSSR count). The molecule has 22 heavy (non-hydrogen) atoms. The SMILES string of the molecule is Cc1cc(C)c(Nc2nc(-c3oc(C)nc3C)cs2)c(C)c1. The fourth-order valence-electron chi connectivity index (χ4n) is 2.69. The lowest BCUT2D eigenvalue weighted by Gasteiger charge is -2.11. The van der Waals surface area contributed by atoms with Crippen LogP contribution in [-0.2, 0) is 0 Å². The van der Waals surface area contributed by atoms with Gasteiger partial charge in [0.25, 0.3) is 0 Å². The van der Waals surface area contributed by atoms with Crippen LogP contribution in [0.25, 0.3) is 11.5 Å². The zero-order valence-corrected chi connectivity index (χ0v) is 14.3. The minimum Gasteiger partial charge on any atom is -0.439 e. The minimum absolute atomic E-state index is 0.667. The number of thiazole rings is 1. The number of aryl methyl sites for hydroxylation is 5. The lowest BCUT2D eigenvalue weighted by atomic mass is 10.1. The molecule has 0 fully saturated rings. The van der Waals surface area contributed by atoms with Crippen LogP contribution >= 0.6 is 11.3 Å². The third kappa shape index (κ3) is 2.76. The topological polar surface area (TPSA) is 51.0 Å². The molecule has 0 amide bonds. The molecule has 1 N–H and O–H groups in total. The maximum Gasteiger partial charge on any atom is 0.192 e. The first-order valence-electron chi connectivity index (χ1n) is 7.19. The molecular formula is C17H19N3OS. The van der Waals surface area contributed by atoms with Crippen molar-refractivity contribution in [2.24, 2.45) is 0 Å². The van der Waals surface area contributed by atoms with Crippen LogP contribution in [0.2, 0.25) is 0 Å². The van der Waals surface area contributed by atoms with Crippen LogP contribution in [-0.4, -0.2) is 9.97 Å². The highest BCUT2D eigenvalue weighted by molar-refractivity contribution is 7.14. The summed E-state index contributed by atoms with van der Waals surface area (Å²) in [6.45, 7) is 10.1. The molecule has 2 aromatic heterocycles. The van der Waals surface area contributed by atoms with Crippen molar-refractivity contribution in [3.8, 4) is 11.5 Å². The van der Waals surface area contributed by atoms with Crippen LogP contribution in [0.4, 0.5) is 10.8 Å². The molecule has 0 aliphatic carbocycles. The van der Waals surface area contributed by atoms with Gasteiger partial charge in [0, 0.05) is 18.0 Å². The maximum atomic E-state index is 5.63. The van der Waals surface area contributed by atoms with E-state index in [-0.39, 0.29) is 0 Å². The van der Waals surface area contributed by atoms with Gasteiger partial charge in [0.2, 0.25) is 0 Å². The molecule has 3 aromatic rings. The largest absolute Gasteiger partial charge is 0.439 e. The summed E-state index contributed by atoms with van der Waals surface area (Å²) in [6, 6.07) is 4.35. The molecule has 0 radical (unpaired) electrons. The lowest BCUT2D eigenvalue weighted by Crippen LogP contribution is -1.96. The van der Waals surface area contributed by atoms with Gasteiger partial charge in [-0.15, -0.1) is 11.3 Å². The van der Waals surface area contributed by atoms with Crippen molar-refractivity contribution in [2.75, 3.05) is 5.32 Å². The third-order valence-corrected chi connectivity index (χ3v) is 4.31. The van der Waals surface area contributed by atoms with Crippen molar-refractivity contribution < 1.29 is 4.42 Å². The zero-order valence-electron chi connectivity index (χ0n) is 13.4. The number of benzene rings is 1. The van der Waals surface area contributed by atoms with Gasteiger partial charge >= 0.3 is 0 Å². The molecule has 1 aromatic carbocycles. The van der Waals surface area contributed by atoms with Gasteiger partial charge in [0.05, 0.1) is 5.69 Å². The number of anilines is 2. The van der Waals surface area contributed by atoms with Crippen molar-refractivity contribution in [1.82, 2.24) is 9.97 Å². The normalized spacial score (nSPS) is 11.0. The van der Waals surface area contributed by atoms with Gasteiger partial charge in [-0.25, -0.2) is 9.97 Å². The molecular weight excluding hydrogens is 294 g/mol. The zero-order chi connectivity index (χ0) is 15.9. The molecule has 2 heterocycles. The lowest BCUT2D eigenvalue weighted by molar-refractivity contribution is 0.533. The Kier molecular flexibility index (Phi) is 3.74. The Morgan fingerprint density at radius 2 is 1.68 bits per heavy atom. The predicted octanol–water partition coefficient (Wildman–Crippen LogP) is 5.08. The number of nitrogens with zero attached hydrogens (tertiary/aromatic N) is 2. The summed E-state index contributed by atoms with van der Waals surface area (Å²) in [6.07, 6.45) is 0. The van der Waals surface area contributed by atoms with E-state index in [1.807, 2.05) is 19.2 Å². The average Bonchev–Trinajstić information content (AvgIpc) is 3.00. The smallest absolute Gasteiger partial charge is 0.192 e. The molecule has 4 nitrogen and oxygen atoms in total. The van der Waals surface area contributed by atoms with Crippen LogP contribution in [0.3, 0.4) is 0 Å². The quantitative estimate of drug-likeness (QED) is 0.732. The molecule has 0 saturated heterocycles. The van der Waals surface area contributed by atoms with E-state index in [4.69, 9.17) is 4.42 Å². The van der Waals surface area contributed by atoms with Gasteiger partial charge < -0.3 is 9.73 Å². The maximum absolute atomic E-state index is 5.63. The predicted molar refractivity (Wildman–Crippen MR) is 91.0 cm³/mol. The van der Waals surface area contributed by atoms with Crippen molar-refractivity contribution in [3.05, 3.63) is 45.8 Å². The summed E-state index contributed by atoms with van der Waals surface area (Å²) in [5.74, 6) is 1.42. The van der Waals surface area contributed by atoms with Crippen LogP contribution in [0, 0.1) is 34.6 Å². The Morgan fingerprint density at radius 3 is 2.27 bits per heavy atom. The van der Waals surface area contributed by atoms with Crippen molar-refractivity contribution >= 4 is 22.2 Å². The van der Waals surface area contributed by atoms with E-state index in [0.717, 1.165) is 28.0 Å². The van der Waals surface area contributed by atoms with E-state index < -0.39 is 0 Å². The van der Waals surface area contributed by atoms with E-state index in [1.165, 1.54) is 16.7 Å². The Morgan fingerprint density at radius 1 is 1.00 bits per heavy atom. The summed E-state index contributed by atoms with van der Waals surface area (Å²) >= 11 is 1.57. The average molecular weight is 313 g/mol. The minimum atomic E-state index is 0.667. The van der Waals surface area contributed by atoms with Crippen molar-refractivity contribution in [1.29, 1.82) is 0 Å². The second-order valence-electron chi connectivity index (χ2n) is 5.58. The van der Waals surface area contributed by atoms with Crippen LogP contribution in [0.5, 0.6) is 0 Å². The third-order valence-electron chi connectivity index (χ3n) is 3.55. The molecule has 0 atom stereocenters. The summed E-state index contributed by atoms with van der Waals surface area (Å²) in [5, 5.41) is 6.28. The summed E-state index contributed by atoms with van der Waals surface area (Å²) in [5.41, 5.74) is 6.54. The van der Waals surface area contributed by atoms with Gasteiger partial charge in [0.1, 0.15) is 5.69 Å². The van der Waals surface area contributed by atoms with Crippen LogP contribution < -0.4 is 5.32 Å². The highest BCUT2D eigenvalue weighted by atomic mass is 32.1. The first-order valence-corrected chi connectivity index (χ1v) is 8.07.